The number of nitrogens with one attached hydrogen (secondary N) is 1. The SMILES string of the molecule is Cc1cc(C)nc(Sc2ccc(CNC(C)C)cc2Br)c1. The van der Waals surface area contributed by atoms with Gasteiger partial charge in [-0.05, 0) is 65.2 Å². The van der Waals surface area contributed by atoms with Crippen molar-refractivity contribution in [2.45, 2.75) is 50.2 Å². The molecule has 1 N–H and O–H groups in total. The molecule has 0 spiro atoms. The summed E-state index contributed by atoms with van der Waals surface area (Å²) in [6, 6.07) is 11.2. The first-order valence-electron chi connectivity index (χ1n) is 7.09. The van der Waals surface area contributed by atoms with Crippen molar-refractivity contribution in [2.24, 2.45) is 0 Å². The zero-order valence-corrected chi connectivity index (χ0v) is 15.3. The molecule has 0 fully saturated rings. The van der Waals surface area contributed by atoms with Gasteiger partial charge in [-0.2, -0.15) is 0 Å². The predicted molar refractivity (Wildman–Crippen MR) is 94.0 cm³/mol. The van der Waals surface area contributed by atoms with Crippen molar-refractivity contribution < 1.29 is 0 Å². The lowest BCUT2D eigenvalue weighted by Gasteiger charge is -2.10. The fraction of sp³-hybridized carbons (Fsp3) is 0.353. The topological polar surface area (TPSA) is 24.9 Å². The lowest BCUT2D eigenvalue weighted by Crippen LogP contribution is -2.21. The third-order valence-corrected chi connectivity index (χ3v) is 4.91. The molecule has 0 unspecified atom stereocenters. The molecular weight excluding hydrogens is 344 g/mol. The fourth-order valence-corrected chi connectivity index (χ4v) is 3.65. The van der Waals surface area contributed by atoms with E-state index < -0.39 is 0 Å². The highest BCUT2D eigenvalue weighted by Gasteiger charge is 2.06. The number of nitrogens with zero attached hydrogens (tertiary/aromatic N) is 1. The van der Waals surface area contributed by atoms with Crippen LogP contribution in [0.25, 0.3) is 0 Å². The number of halogens is 1. The van der Waals surface area contributed by atoms with Crippen molar-refractivity contribution in [1.29, 1.82) is 0 Å². The van der Waals surface area contributed by atoms with E-state index in [1.807, 2.05) is 6.92 Å². The van der Waals surface area contributed by atoms with E-state index in [9.17, 15) is 0 Å². The van der Waals surface area contributed by atoms with Crippen LogP contribution >= 0.6 is 27.7 Å². The van der Waals surface area contributed by atoms with Crippen molar-refractivity contribution in [3.63, 3.8) is 0 Å². The molecule has 0 aliphatic rings. The van der Waals surface area contributed by atoms with Crippen molar-refractivity contribution in [2.75, 3.05) is 0 Å². The Labute approximate surface area is 139 Å². The van der Waals surface area contributed by atoms with Gasteiger partial charge in [-0.1, -0.05) is 31.7 Å². The van der Waals surface area contributed by atoms with Gasteiger partial charge >= 0.3 is 0 Å². The van der Waals surface area contributed by atoms with E-state index in [-0.39, 0.29) is 0 Å². The van der Waals surface area contributed by atoms with Gasteiger partial charge in [-0.3, -0.25) is 0 Å². The molecule has 0 radical (unpaired) electrons. The molecule has 0 saturated heterocycles. The van der Waals surface area contributed by atoms with Crippen LogP contribution in [0.15, 0.2) is 44.7 Å². The number of aromatic nitrogens is 1. The van der Waals surface area contributed by atoms with E-state index in [1.165, 1.54) is 16.0 Å². The van der Waals surface area contributed by atoms with Gasteiger partial charge in [0.25, 0.3) is 0 Å². The summed E-state index contributed by atoms with van der Waals surface area (Å²) in [6.45, 7) is 9.35. The molecule has 1 aromatic heterocycles. The van der Waals surface area contributed by atoms with Crippen LogP contribution in [0.3, 0.4) is 0 Å². The zero-order chi connectivity index (χ0) is 15.4. The maximum absolute atomic E-state index is 4.58. The lowest BCUT2D eigenvalue weighted by molar-refractivity contribution is 0.588. The van der Waals surface area contributed by atoms with Crippen molar-refractivity contribution >= 4 is 27.7 Å². The first kappa shape index (κ1) is 16.5. The lowest BCUT2D eigenvalue weighted by atomic mass is 10.2. The maximum Gasteiger partial charge on any atom is 0.101 e. The average Bonchev–Trinajstić information content (AvgIpc) is 2.38. The van der Waals surface area contributed by atoms with Gasteiger partial charge < -0.3 is 5.32 Å². The van der Waals surface area contributed by atoms with Crippen molar-refractivity contribution in [1.82, 2.24) is 10.3 Å². The normalized spacial score (nSPS) is 11.1. The predicted octanol–water partition coefficient (Wildman–Crippen LogP) is 5.11. The molecule has 0 amide bonds. The molecule has 2 aromatic rings. The highest BCUT2D eigenvalue weighted by atomic mass is 79.9. The number of rotatable bonds is 5. The molecule has 0 atom stereocenters. The maximum atomic E-state index is 4.58. The molecule has 21 heavy (non-hydrogen) atoms. The quantitative estimate of drug-likeness (QED) is 0.797. The molecular formula is C17H21BrN2S. The molecule has 1 aromatic carbocycles. The number of benzene rings is 1. The van der Waals surface area contributed by atoms with Gasteiger partial charge in [0.15, 0.2) is 0 Å². The molecule has 2 rings (SSSR count). The van der Waals surface area contributed by atoms with Crippen LogP contribution in [0.2, 0.25) is 0 Å². The molecule has 1 heterocycles. The summed E-state index contributed by atoms with van der Waals surface area (Å²) in [5.41, 5.74) is 3.60. The Kier molecular flexibility index (Phi) is 5.85. The van der Waals surface area contributed by atoms with Gasteiger partial charge in [0.2, 0.25) is 0 Å². The smallest absolute Gasteiger partial charge is 0.101 e. The minimum Gasteiger partial charge on any atom is -0.310 e. The third-order valence-electron chi connectivity index (χ3n) is 3.00. The fourth-order valence-electron chi connectivity index (χ4n) is 2.03. The van der Waals surface area contributed by atoms with Crippen LogP contribution in [0.1, 0.15) is 30.7 Å². The Morgan fingerprint density at radius 3 is 2.57 bits per heavy atom. The highest BCUT2D eigenvalue weighted by Crippen LogP contribution is 2.33. The largest absolute Gasteiger partial charge is 0.310 e. The summed E-state index contributed by atoms with van der Waals surface area (Å²) in [5, 5.41) is 4.48. The zero-order valence-electron chi connectivity index (χ0n) is 12.9. The van der Waals surface area contributed by atoms with E-state index in [4.69, 9.17) is 0 Å². The second kappa shape index (κ2) is 7.43. The molecule has 0 bridgehead atoms. The van der Waals surface area contributed by atoms with E-state index in [1.54, 1.807) is 11.8 Å². The van der Waals surface area contributed by atoms with Gasteiger partial charge in [-0.15, -0.1) is 0 Å². The standard InChI is InChI=1S/C17H21BrN2S/c1-11(2)19-10-14-5-6-16(15(18)9-14)21-17-8-12(3)7-13(4)20-17/h5-9,11,19H,10H2,1-4H3. The van der Waals surface area contributed by atoms with Gasteiger partial charge in [0, 0.05) is 27.6 Å². The van der Waals surface area contributed by atoms with Crippen LogP contribution in [0.4, 0.5) is 0 Å². The summed E-state index contributed by atoms with van der Waals surface area (Å²) in [6.07, 6.45) is 0. The minimum absolute atomic E-state index is 0.497. The molecule has 2 nitrogen and oxygen atoms in total. The van der Waals surface area contributed by atoms with Gasteiger partial charge in [0.05, 0.1) is 0 Å². The van der Waals surface area contributed by atoms with Crippen LogP contribution in [0, 0.1) is 13.8 Å². The average molecular weight is 365 g/mol. The van der Waals surface area contributed by atoms with Crippen LogP contribution in [-0.2, 0) is 6.54 Å². The Hall–Kier alpha value is -0.840. The summed E-state index contributed by atoms with van der Waals surface area (Å²) in [4.78, 5) is 5.78. The molecule has 0 aliphatic carbocycles. The van der Waals surface area contributed by atoms with Crippen LogP contribution < -0.4 is 5.32 Å². The first-order chi connectivity index (χ1) is 9.94. The first-order valence-corrected chi connectivity index (χ1v) is 8.70. The van der Waals surface area contributed by atoms with Gasteiger partial charge in [-0.25, -0.2) is 4.98 Å². The van der Waals surface area contributed by atoms with Crippen molar-refractivity contribution in [3.05, 3.63) is 51.6 Å². The van der Waals surface area contributed by atoms with Crippen LogP contribution in [0.5, 0.6) is 0 Å². The summed E-state index contributed by atoms with van der Waals surface area (Å²) >= 11 is 5.37. The number of hydrogen-bond acceptors (Lipinski definition) is 3. The Balaban J connectivity index is 2.13. The summed E-state index contributed by atoms with van der Waals surface area (Å²) in [7, 11) is 0. The van der Waals surface area contributed by atoms with Crippen molar-refractivity contribution in [3.8, 4) is 0 Å². The third kappa shape index (κ3) is 5.13. The van der Waals surface area contributed by atoms with E-state index in [0.717, 1.165) is 21.7 Å². The van der Waals surface area contributed by atoms with E-state index >= 15 is 0 Å². The second-order valence-corrected chi connectivity index (χ2v) is 7.44. The molecule has 4 heteroatoms. The highest BCUT2D eigenvalue weighted by molar-refractivity contribution is 9.10. The second-order valence-electron chi connectivity index (χ2n) is 5.53. The number of hydrogen-bond donors (Lipinski definition) is 1. The van der Waals surface area contributed by atoms with E-state index in [0.29, 0.717) is 6.04 Å². The monoisotopic (exact) mass is 364 g/mol. The number of aryl methyl sites for hydroxylation is 2. The van der Waals surface area contributed by atoms with E-state index in [2.05, 4.69) is 77.3 Å². The summed E-state index contributed by atoms with van der Waals surface area (Å²) < 4.78 is 1.12. The Bertz CT molecular complexity index is 606. The minimum atomic E-state index is 0.497. The molecule has 0 aliphatic heterocycles. The Morgan fingerprint density at radius 1 is 1.19 bits per heavy atom. The van der Waals surface area contributed by atoms with Crippen LogP contribution in [-0.4, -0.2) is 11.0 Å². The van der Waals surface area contributed by atoms with Gasteiger partial charge in [0.1, 0.15) is 5.03 Å². The molecule has 0 saturated carbocycles. The summed E-state index contributed by atoms with van der Waals surface area (Å²) in [5.74, 6) is 0. The Morgan fingerprint density at radius 2 is 1.95 bits per heavy atom. The molecule has 112 valence electrons. The number of pyridine rings is 1.